The van der Waals surface area contributed by atoms with E-state index in [4.69, 9.17) is 9.84 Å². The summed E-state index contributed by atoms with van der Waals surface area (Å²) in [5.41, 5.74) is 0. The zero-order valence-electron chi connectivity index (χ0n) is 10.1. The van der Waals surface area contributed by atoms with Gasteiger partial charge in [-0.2, -0.15) is 0 Å². The standard InChI is InChI=1S/C13H14FNO4/c14-9-3-5-10(6-4-9)19-7-11(16)15-12(13(17)18)8-1-2-8/h3-6,8,12H,1-2,7H2,(H,15,16)(H,17,18). The van der Waals surface area contributed by atoms with Gasteiger partial charge in [0.05, 0.1) is 0 Å². The first kappa shape index (κ1) is 13.3. The molecular weight excluding hydrogens is 253 g/mol. The molecule has 0 heterocycles. The monoisotopic (exact) mass is 267 g/mol. The fourth-order valence-corrected chi connectivity index (χ4v) is 1.71. The van der Waals surface area contributed by atoms with Crippen molar-refractivity contribution < 1.29 is 23.8 Å². The molecule has 102 valence electrons. The average Bonchev–Trinajstić information content (AvgIpc) is 3.19. The number of ether oxygens (including phenoxy) is 1. The first-order valence-electron chi connectivity index (χ1n) is 5.97. The Kier molecular flexibility index (Phi) is 3.99. The van der Waals surface area contributed by atoms with Crippen LogP contribution >= 0.6 is 0 Å². The highest BCUT2D eigenvalue weighted by atomic mass is 19.1. The maximum Gasteiger partial charge on any atom is 0.326 e. The molecule has 2 N–H and O–H groups in total. The number of hydrogen-bond donors (Lipinski definition) is 2. The third-order valence-corrected chi connectivity index (χ3v) is 2.86. The maximum atomic E-state index is 12.6. The van der Waals surface area contributed by atoms with Crippen LogP contribution in [0, 0.1) is 11.7 Å². The predicted molar refractivity (Wildman–Crippen MR) is 64.2 cm³/mol. The molecule has 0 saturated heterocycles. The van der Waals surface area contributed by atoms with Gasteiger partial charge in [0.25, 0.3) is 5.91 Å². The lowest BCUT2D eigenvalue weighted by Crippen LogP contribution is -2.44. The van der Waals surface area contributed by atoms with Gasteiger partial charge in [0.2, 0.25) is 0 Å². The highest BCUT2D eigenvalue weighted by molar-refractivity contribution is 5.84. The molecule has 1 aromatic rings. The van der Waals surface area contributed by atoms with Crippen molar-refractivity contribution in [2.45, 2.75) is 18.9 Å². The number of carboxylic acids is 1. The zero-order valence-corrected chi connectivity index (χ0v) is 10.1. The number of benzene rings is 1. The van der Waals surface area contributed by atoms with E-state index < -0.39 is 23.7 Å². The first-order chi connectivity index (χ1) is 9.06. The van der Waals surface area contributed by atoms with E-state index in [2.05, 4.69) is 5.32 Å². The van der Waals surface area contributed by atoms with Crippen LogP contribution in [0.25, 0.3) is 0 Å². The van der Waals surface area contributed by atoms with Gasteiger partial charge < -0.3 is 15.2 Å². The second-order valence-corrected chi connectivity index (χ2v) is 4.46. The number of hydrogen-bond acceptors (Lipinski definition) is 3. The van der Waals surface area contributed by atoms with Crippen LogP contribution < -0.4 is 10.1 Å². The molecule has 1 atom stereocenters. The molecule has 1 saturated carbocycles. The van der Waals surface area contributed by atoms with Gasteiger partial charge in [0.15, 0.2) is 6.61 Å². The molecule has 1 aliphatic carbocycles. The normalized spacial score (nSPS) is 15.6. The van der Waals surface area contributed by atoms with Gasteiger partial charge in [-0.1, -0.05) is 0 Å². The van der Waals surface area contributed by atoms with E-state index in [1.54, 1.807) is 0 Å². The van der Waals surface area contributed by atoms with Crippen molar-refractivity contribution in [3.8, 4) is 5.75 Å². The van der Waals surface area contributed by atoms with Crippen molar-refractivity contribution in [1.29, 1.82) is 0 Å². The van der Waals surface area contributed by atoms with E-state index in [9.17, 15) is 14.0 Å². The van der Waals surface area contributed by atoms with Gasteiger partial charge in [-0.05, 0) is 43.0 Å². The van der Waals surface area contributed by atoms with Crippen molar-refractivity contribution in [3.63, 3.8) is 0 Å². The summed E-state index contributed by atoms with van der Waals surface area (Å²) in [5.74, 6) is -1.54. The summed E-state index contributed by atoms with van der Waals surface area (Å²) in [6.45, 7) is -0.290. The largest absolute Gasteiger partial charge is 0.484 e. The summed E-state index contributed by atoms with van der Waals surface area (Å²) in [6, 6.07) is 4.40. The quantitative estimate of drug-likeness (QED) is 0.811. The fourth-order valence-electron chi connectivity index (χ4n) is 1.71. The van der Waals surface area contributed by atoms with Crippen LogP contribution in [0.4, 0.5) is 4.39 Å². The van der Waals surface area contributed by atoms with Gasteiger partial charge in [-0.15, -0.1) is 0 Å². The summed E-state index contributed by atoms with van der Waals surface area (Å²) in [7, 11) is 0. The molecule has 0 aliphatic heterocycles. The van der Waals surface area contributed by atoms with Crippen LogP contribution in [-0.2, 0) is 9.59 Å². The molecule has 1 amide bonds. The Bertz CT molecular complexity index is 470. The summed E-state index contributed by atoms with van der Waals surface area (Å²) in [5, 5.41) is 11.4. The van der Waals surface area contributed by atoms with E-state index in [0.29, 0.717) is 5.75 Å². The minimum atomic E-state index is -1.03. The summed E-state index contributed by atoms with van der Waals surface area (Å²) in [6.07, 6.45) is 1.63. The lowest BCUT2D eigenvalue weighted by molar-refractivity contribution is -0.142. The topological polar surface area (TPSA) is 75.6 Å². The lowest BCUT2D eigenvalue weighted by atomic mass is 10.2. The predicted octanol–water partition coefficient (Wildman–Crippen LogP) is 1.18. The van der Waals surface area contributed by atoms with Crippen LogP contribution in [0.2, 0.25) is 0 Å². The van der Waals surface area contributed by atoms with Crippen molar-refractivity contribution >= 4 is 11.9 Å². The molecule has 0 bridgehead atoms. The number of amides is 1. The Hall–Kier alpha value is -2.11. The summed E-state index contributed by atoms with van der Waals surface area (Å²) >= 11 is 0. The molecule has 1 aliphatic rings. The third-order valence-electron chi connectivity index (χ3n) is 2.86. The SMILES string of the molecule is O=C(COc1ccc(F)cc1)NC(C(=O)O)C1CC1. The molecule has 0 radical (unpaired) electrons. The second kappa shape index (κ2) is 5.69. The smallest absolute Gasteiger partial charge is 0.326 e. The molecule has 5 nitrogen and oxygen atoms in total. The highest BCUT2D eigenvalue weighted by Gasteiger charge is 2.37. The number of carbonyl (C=O) groups excluding carboxylic acids is 1. The van der Waals surface area contributed by atoms with E-state index >= 15 is 0 Å². The summed E-state index contributed by atoms with van der Waals surface area (Å²) < 4.78 is 17.8. The minimum Gasteiger partial charge on any atom is -0.484 e. The van der Waals surface area contributed by atoms with Crippen LogP contribution in [-0.4, -0.2) is 29.6 Å². The number of carboxylic acid groups (broad SMARTS) is 1. The molecule has 6 heteroatoms. The molecule has 0 aromatic heterocycles. The Morgan fingerprint density at radius 3 is 2.53 bits per heavy atom. The average molecular weight is 267 g/mol. The number of halogens is 1. The van der Waals surface area contributed by atoms with Crippen molar-refractivity contribution in [2.75, 3.05) is 6.61 Å². The van der Waals surface area contributed by atoms with Gasteiger partial charge in [0, 0.05) is 0 Å². The Morgan fingerprint density at radius 1 is 1.37 bits per heavy atom. The van der Waals surface area contributed by atoms with Crippen LogP contribution in [0.15, 0.2) is 24.3 Å². The van der Waals surface area contributed by atoms with Crippen LogP contribution in [0.5, 0.6) is 5.75 Å². The second-order valence-electron chi connectivity index (χ2n) is 4.46. The van der Waals surface area contributed by atoms with Gasteiger partial charge in [-0.3, -0.25) is 4.79 Å². The van der Waals surface area contributed by atoms with E-state index in [1.165, 1.54) is 24.3 Å². The van der Waals surface area contributed by atoms with E-state index in [0.717, 1.165) is 12.8 Å². The third kappa shape index (κ3) is 3.94. The van der Waals surface area contributed by atoms with Gasteiger partial charge >= 0.3 is 5.97 Å². The number of aliphatic carboxylic acids is 1. The maximum absolute atomic E-state index is 12.6. The molecular formula is C13H14FNO4. The zero-order chi connectivity index (χ0) is 13.8. The number of nitrogens with one attached hydrogen (secondary N) is 1. The lowest BCUT2D eigenvalue weighted by Gasteiger charge is -2.13. The molecule has 1 unspecified atom stereocenters. The fraction of sp³-hybridized carbons (Fsp3) is 0.385. The van der Waals surface area contributed by atoms with Gasteiger partial charge in [0.1, 0.15) is 17.6 Å². The van der Waals surface area contributed by atoms with Crippen molar-refractivity contribution in [3.05, 3.63) is 30.1 Å². The van der Waals surface area contributed by atoms with E-state index in [1.807, 2.05) is 0 Å². The first-order valence-corrected chi connectivity index (χ1v) is 5.97. The van der Waals surface area contributed by atoms with Crippen LogP contribution in [0.1, 0.15) is 12.8 Å². The van der Waals surface area contributed by atoms with Crippen molar-refractivity contribution in [2.24, 2.45) is 5.92 Å². The Balaban J connectivity index is 1.80. The summed E-state index contributed by atoms with van der Waals surface area (Å²) in [4.78, 5) is 22.5. The van der Waals surface area contributed by atoms with E-state index in [-0.39, 0.29) is 12.5 Å². The molecule has 2 rings (SSSR count). The molecule has 0 spiro atoms. The highest BCUT2D eigenvalue weighted by Crippen LogP contribution is 2.32. The molecule has 1 aromatic carbocycles. The Labute approximate surface area is 109 Å². The molecule has 1 fully saturated rings. The van der Waals surface area contributed by atoms with Crippen LogP contribution in [0.3, 0.4) is 0 Å². The van der Waals surface area contributed by atoms with Crippen molar-refractivity contribution in [1.82, 2.24) is 5.32 Å². The minimum absolute atomic E-state index is 0.0206. The number of rotatable bonds is 6. The molecule has 19 heavy (non-hydrogen) atoms. The van der Waals surface area contributed by atoms with Gasteiger partial charge in [-0.25, -0.2) is 9.18 Å². The number of carbonyl (C=O) groups is 2. The Morgan fingerprint density at radius 2 is 2.00 bits per heavy atom.